The van der Waals surface area contributed by atoms with Crippen LogP contribution in [0.1, 0.15) is 0 Å². The van der Waals surface area contributed by atoms with Gasteiger partial charge in [-0.1, -0.05) is 0 Å². The van der Waals surface area contributed by atoms with E-state index in [2.05, 4.69) is 4.18 Å². The van der Waals surface area contributed by atoms with Gasteiger partial charge < -0.3 is 4.74 Å². The molecule has 0 spiro atoms. The largest absolute Gasteiger partial charge is 0.523 e. The summed E-state index contributed by atoms with van der Waals surface area (Å²) in [5, 5.41) is 0. The first kappa shape index (κ1) is 13.7. The van der Waals surface area contributed by atoms with Crippen molar-refractivity contribution in [3.05, 3.63) is 0 Å². The summed E-state index contributed by atoms with van der Waals surface area (Å²) in [6.45, 7) is 1.75. The van der Waals surface area contributed by atoms with Crippen LogP contribution in [0.3, 0.4) is 0 Å². The van der Waals surface area contributed by atoms with Gasteiger partial charge in [-0.15, -0.1) is 0 Å². The van der Waals surface area contributed by atoms with Crippen molar-refractivity contribution in [1.29, 1.82) is 0 Å². The monoisotopic (exact) mass is 263 g/mol. The molecule has 1 aliphatic heterocycles. The summed E-state index contributed by atoms with van der Waals surface area (Å²) in [6, 6.07) is 0. The average Bonchev–Trinajstić information content (AvgIpc) is 2.17. The topological polar surface area (TPSA) is 55.8 Å². The molecule has 0 radical (unpaired) electrons. The van der Waals surface area contributed by atoms with Crippen LogP contribution < -0.4 is 0 Å². The highest BCUT2D eigenvalue weighted by Crippen LogP contribution is 2.24. The van der Waals surface area contributed by atoms with Gasteiger partial charge in [0, 0.05) is 19.6 Å². The van der Waals surface area contributed by atoms with E-state index in [1.54, 1.807) is 4.90 Å². The Kier molecular flexibility index (Phi) is 4.53. The highest BCUT2D eigenvalue weighted by molar-refractivity contribution is 7.87. The number of ether oxygens (including phenoxy) is 1. The van der Waals surface area contributed by atoms with Crippen molar-refractivity contribution in [2.45, 2.75) is 5.51 Å². The van der Waals surface area contributed by atoms with Crippen molar-refractivity contribution in [2.24, 2.45) is 0 Å². The molecule has 0 saturated carbocycles. The zero-order valence-electron chi connectivity index (χ0n) is 8.36. The predicted octanol–water partition coefficient (Wildman–Crippen LogP) is 0.185. The quantitative estimate of drug-likeness (QED) is 0.535. The van der Waals surface area contributed by atoms with Crippen molar-refractivity contribution in [2.75, 3.05) is 39.5 Å². The van der Waals surface area contributed by atoms with Crippen LogP contribution in [0.15, 0.2) is 0 Å². The van der Waals surface area contributed by atoms with Crippen molar-refractivity contribution in [3.63, 3.8) is 0 Å². The molecule has 1 fully saturated rings. The first-order valence-electron chi connectivity index (χ1n) is 4.59. The van der Waals surface area contributed by atoms with Gasteiger partial charge in [0.1, 0.15) is 0 Å². The minimum Gasteiger partial charge on any atom is -0.379 e. The second kappa shape index (κ2) is 5.30. The van der Waals surface area contributed by atoms with E-state index in [1.165, 1.54) is 0 Å². The Morgan fingerprint density at radius 3 is 2.31 bits per heavy atom. The third kappa shape index (κ3) is 3.89. The Bertz CT molecular complexity index is 310. The number of rotatable bonds is 4. The molecule has 1 rings (SSSR count). The van der Waals surface area contributed by atoms with E-state index in [9.17, 15) is 21.6 Å². The average molecular weight is 263 g/mol. The Hall–Kier alpha value is -0.380. The fraction of sp³-hybridized carbons (Fsp3) is 1.00. The molecule has 96 valence electrons. The van der Waals surface area contributed by atoms with Crippen LogP contribution in [0.5, 0.6) is 0 Å². The number of hydrogen-bond donors (Lipinski definition) is 0. The zero-order valence-corrected chi connectivity index (χ0v) is 9.18. The summed E-state index contributed by atoms with van der Waals surface area (Å²) in [5.41, 5.74) is -5.35. The lowest BCUT2D eigenvalue weighted by atomic mass is 10.4. The van der Waals surface area contributed by atoms with Crippen molar-refractivity contribution in [3.8, 4) is 0 Å². The van der Waals surface area contributed by atoms with Crippen LogP contribution in [0.2, 0.25) is 0 Å². The molecule has 1 aliphatic rings. The van der Waals surface area contributed by atoms with Crippen molar-refractivity contribution >= 4 is 10.1 Å². The van der Waals surface area contributed by atoms with E-state index in [0.29, 0.717) is 26.3 Å². The normalized spacial score (nSPS) is 19.9. The first-order chi connectivity index (χ1) is 7.33. The second-order valence-corrected chi connectivity index (χ2v) is 4.78. The fourth-order valence-electron chi connectivity index (χ4n) is 1.17. The molecule has 1 heterocycles. The maximum absolute atomic E-state index is 11.9. The van der Waals surface area contributed by atoms with E-state index >= 15 is 0 Å². The van der Waals surface area contributed by atoms with E-state index in [0.717, 1.165) is 0 Å². The van der Waals surface area contributed by atoms with Crippen LogP contribution >= 0.6 is 0 Å². The molecule has 0 N–H and O–H groups in total. The second-order valence-electron chi connectivity index (χ2n) is 3.18. The van der Waals surface area contributed by atoms with Gasteiger partial charge >= 0.3 is 15.6 Å². The molecule has 0 aliphatic carbocycles. The van der Waals surface area contributed by atoms with Gasteiger partial charge in [-0.25, -0.2) is 0 Å². The molecule has 5 nitrogen and oxygen atoms in total. The zero-order chi connectivity index (χ0) is 12.2. The summed E-state index contributed by atoms with van der Waals surface area (Å²) in [6.07, 6.45) is 0. The Labute approximate surface area is 91.2 Å². The third-order valence-corrected chi connectivity index (χ3v) is 3.08. The fourth-order valence-corrected chi connectivity index (χ4v) is 1.60. The van der Waals surface area contributed by atoms with Crippen LogP contribution in [0.25, 0.3) is 0 Å². The molecule has 0 unspecified atom stereocenters. The van der Waals surface area contributed by atoms with Gasteiger partial charge in [0.25, 0.3) is 0 Å². The van der Waals surface area contributed by atoms with E-state index in [4.69, 9.17) is 4.74 Å². The lowest BCUT2D eigenvalue weighted by Crippen LogP contribution is -2.39. The van der Waals surface area contributed by atoms with Crippen LogP contribution in [-0.2, 0) is 19.0 Å². The van der Waals surface area contributed by atoms with Crippen molar-refractivity contribution < 1.29 is 30.5 Å². The summed E-state index contributed by atoms with van der Waals surface area (Å²) in [4.78, 5) is 1.77. The van der Waals surface area contributed by atoms with Gasteiger partial charge in [0.05, 0.1) is 19.8 Å². The highest BCUT2D eigenvalue weighted by atomic mass is 32.2. The maximum Gasteiger partial charge on any atom is 0.523 e. The Morgan fingerprint density at radius 1 is 1.25 bits per heavy atom. The van der Waals surface area contributed by atoms with Gasteiger partial charge in [-0.2, -0.15) is 21.6 Å². The van der Waals surface area contributed by atoms with Crippen LogP contribution in [-0.4, -0.2) is 58.3 Å². The molecule has 0 bridgehead atoms. The van der Waals surface area contributed by atoms with E-state index in [1.807, 2.05) is 0 Å². The summed E-state index contributed by atoms with van der Waals surface area (Å²) in [5.74, 6) is 0. The molecule has 9 heteroatoms. The van der Waals surface area contributed by atoms with Gasteiger partial charge in [-0.3, -0.25) is 9.08 Å². The molecule has 16 heavy (non-hydrogen) atoms. The maximum atomic E-state index is 11.9. The summed E-state index contributed by atoms with van der Waals surface area (Å²) < 4.78 is 65.4. The van der Waals surface area contributed by atoms with E-state index < -0.39 is 22.2 Å². The molecule has 0 amide bonds. The number of halogens is 3. The lowest BCUT2D eigenvalue weighted by molar-refractivity contribution is -0.0550. The summed E-state index contributed by atoms with van der Waals surface area (Å²) in [7, 11) is -5.46. The molecule has 0 atom stereocenters. The molecule has 0 aromatic carbocycles. The van der Waals surface area contributed by atoms with Crippen molar-refractivity contribution in [1.82, 2.24) is 4.90 Å². The molecular weight excluding hydrogens is 251 g/mol. The smallest absolute Gasteiger partial charge is 0.379 e. The Balaban J connectivity index is 2.29. The molecular formula is C7H12F3NO4S. The Morgan fingerprint density at radius 2 is 1.81 bits per heavy atom. The third-order valence-electron chi connectivity index (χ3n) is 2.03. The number of morpholine rings is 1. The van der Waals surface area contributed by atoms with Gasteiger partial charge in [-0.05, 0) is 0 Å². The molecule has 0 aromatic heterocycles. The van der Waals surface area contributed by atoms with Crippen LogP contribution in [0.4, 0.5) is 13.2 Å². The predicted molar refractivity (Wildman–Crippen MR) is 48.2 cm³/mol. The lowest BCUT2D eigenvalue weighted by Gasteiger charge is -2.26. The highest BCUT2D eigenvalue weighted by Gasteiger charge is 2.47. The standard InChI is InChI=1S/C7H12F3NO4S/c8-7(9,10)16(12,13)15-6-3-11-1-4-14-5-2-11/h1-6H2. The first-order valence-corrected chi connectivity index (χ1v) is 5.99. The molecule has 1 saturated heterocycles. The van der Waals surface area contributed by atoms with Gasteiger partial charge in [0.2, 0.25) is 0 Å². The van der Waals surface area contributed by atoms with Crippen LogP contribution in [0, 0.1) is 0 Å². The summed E-state index contributed by atoms with van der Waals surface area (Å²) >= 11 is 0. The SMILES string of the molecule is O=S(=O)(OCCN1CCOCC1)C(F)(F)F. The number of nitrogens with zero attached hydrogens (tertiary/aromatic N) is 1. The minimum absolute atomic E-state index is 0.138. The molecule has 0 aromatic rings. The minimum atomic E-state index is -5.46. The number of alkyl halides is 3. The van der Waals surface area contributed by atoms with Gasteiger partial charge in [0.15, 0.2) is 0 Å². The number of hydrogen-bond acceptors (Lipinski definition) is 5. The van der Waals surface area contributed by atoms with E-state index in [-0.39, 0.29) is 6.54 Å².